The molecule has 0 aliphatic rings. The maximum absolute atomic E-state index is 9.54. The van der Waals surface area contributed by atoms with Gasteiger partial charge in [0, 0.05) is 13.1 Å². The fourth-order valence-corrected chi connectivity index (χ4v) is 1.81. The molecule has 15 heavy (non-hydrogen) atoms. The van der Waals surface area contributed by atoms with E-state index in [9.17, 15) is 5.11 Å². The molecule has 4 heteroatoms. The molecule has 0 amide bonds. The summed E-state index contributed by atoms with van der Waals surface area (Å²) in [7, 11) is 0. The van der Waals surface area contributed by atoms with Gasteiger partial charge in [0.05, 0.1) is 18.8 Å². The average molecular weight is 229 g/mol. The molecule has 1 rings (SSSR count). The highest BCUT2D eigenvalue weighted by Crippen LogP contribution is 2.04. The quantitative estimate of drug-likeness (QED) is 0.746. The second kappa shape index (κ2) is 6.95. The lowest BCUT2D eigenvalue weighted by Crippen LogP contribution is -2.30. The Morgan fingerprint density at radius 3 is 2.93 bits per heavy atom. The van der Waals surface area contributed by atoms with Crippen LogP contribution in [0.4, 0.5) is 0 Å². The van der Waals surface area contributed by atoms with Crippen LogP contribution in [0.3, 0.4) is 0 Å². The third-order valence-electron chi connectivity index (χ3n) is 1.91. The molecule has 0 spiro atoms. The standard InChI is InChI=1S/C11H19NO2S/c1-9(2)14-7-11(13)6-12-5-10-3-4-15-8-10/h3-4,8-9,11-13H,5-7H2,1-2H3. The van der Waals surface area contributed by atoms with Gasteiger partial charge in [0.2, 0.25) is 0 Å². The second-order valence-electron chi connectivity index (χ2n) is 3.80. The first-order chi connectivity index (χ1) is 7.18. The van der Waals surface area contributed by atoms with Crippen molar-refractivity contribution >= 4 is 11.3 Å². The van der Waals surface area contributed by atoms with Crippen molar-refractivity contribution in [3.63, 3.8) is 0 Å². The summed E-state index contributed by atoms with van der Waals surface area (Å²) in [6.45, 7) is 5.70. The zero-order valence-electron chi connectivity index (χ0n) is 9.27. The van der Waals surface area contributed by atoms with Crippen molar-refractivity contribution in [2.75, 3.05) is 13.2 Å². The minimum atomic E-state index is -0.425. The van der Waals surface area contributed by atoms with Crippen molar-refractivity contribution in [3.05, 3.63) is 22.4 Å². The summed E-state index contributed by atoms with van der Waals surface area (Å²) in [6, 6.07) is 2.08. The maximum Gasteiger partial charge on any atom is 0.0897 e. The fraction of sp³-hybridized carbons (Fsp3) is 0.636. The Labute approximate surface area is 95.1 Å². The van der Waals surface area contributed by atoms with Gasteiger partial charge >= 0.3 is 0 Å². The largest absolute Gasteiger partial charge is 0.389 e. The molecule has 86 valence electrons. The van der Waals surface area contributed by atoms with Gasteiger partial charge in [-0.25, -0.2) is 0 Å². The van der Waals surface area contributed by atoms with Crippen LogP contribution in [0, 0.1) is 0 Å². The zero-order valence-corrected chi connectivity index (χ0v) is 10.1. The zero-order chi connectivity index (χ0) is 11.1. The first-order valence-electron chi connectivity index (χ1n) is 5.20. The van der Waals surface area contributed by atoms with Crippen LogP contribution in [-0.2, 0) is 11.3 Å². The third kappa shape index (κ3) is 5.89. The number of ether oxygens (including phenoxy) is 1. The van der Waals surface area contributed by atoms with Crippen LogP contribution in [0.1, 0.15) is 19.4 Å². The third-order valence-corrected chi connectivity index (χ3v) is 2.64. The first kappa shape index (κ1) is 12.6. The van der Waals surface area contributed by atoms with Crippen LogP contribution >= 0.6 is 11.3 Å². The van der Waals surface area contributed by atoms with Crippen LogP contribution in [0.25, 0.3) is 0 Å². The van der Waals surface area contributed by atoms with Gasteiger partial charge in [0.25, 0.3) is 0 Å². The summed E-state index contributed by atoms with van der Waals surface area (Å²) in [5.74, 6) is 0. The van der Waals surface area contributed by atoms with Crippen LogP contribution in [0.5, 0.6) is 0 Å². The topological polar surface area (TPSA) is 41.5 Å². The predicted molar refractivity (Wildman–Crippen MR) is 63.1 cm³/mol. The van der Waals surface area contributed by atoms with Gasteiger partial charge in [-0.3, -0.25) is 0 Å². The number of hydrogen-bond acceptors (Lipinski definition) is 4. The van der Waals surface area contributed by atoms with E-state index < -0.39 is 6.10 Å². The second-order valence-corrected chi connectivity index (χ2v) is 4.58. The molecule has 0 saturated carbocycles. The highest BCUT2D eigenvalue weighted by Gasteiger charge is 2.04. The summed E-state index contributed by atoms with van der Waals surface area (Å²) in [4.78, 5) is 0. The van der Waals surface area contributed by atoms with Gasteiger partial charge in [0.1, 0.15) is 0 Å². The molecule has 1 atom stereocenters. The number of nitrogens with one attached hydrogen (secondary N) is 1. The van der Waals surface area contributed by atoms with E-state index in [0.29, 0.717) is 13.2 Å². The Morgan fingerprint density at radius 2 is 2.33 bits per heavy atom. The molecule has 1 aromatic rings. The van der Waals surface area contributed by atoms with Gasteiger partial charge in [-0.15, -0.1) is 0 Å². The van der Waals surface area contributed by atoms with E-state index in [1.165, 1.54) is 5.56 Å². The molecular weight excluding hydrogens is 210 g/mol. The van der Waals surface area contributed by atoms with Gasteiger partial charge in [0.15, 0.2) is 0 Å². The minimum Gasteiger partial charge on any atom is -0.389 e. The van der Waals surface area contributed by atoms with Gasteiger partial charge in [-0.2, -0.15) is 11.3 Å². The fourth-order valence-electron chi connectivity index (χ4n) is 1.14. The van der Waals surface area contributed by atoms with E-state index in [1.807, 2.05) is 13.8 Å². The Bertz CT molecular complexity index is 249. The molecule has 0 saturated heterocycles. The van der Waals surface area contributed by atoms with Crippen LogP contribution in [-0.4, -0.2) is 30.5 Å². The summed E-state index contributed by atoms with van der Waals surface area (Å²) >= 11 is 1.69. The van der Waals surface area contributed by atoms with Gasteiger partial charge in [-0.05, 0) is 36.2 Å². The molecule has 0 bridgehead atoms. The van der Waals surface area contributed by atoms with Crippen molar-refractivity contribution in [1.29, 1.82) is 0 Å². The normalized spacial score (nSPS) is 13.3. The van der Waals surface area contributed by atoms with E-state index >= 15 is 0 Å². The van der Waals surface area contributed by atoms with E-state index in [0.717, 1.165) is 6.54 Å². The molecule has 1 unspecified atom stereocenters. The Hall–Kier alpha value is -0.420. The SMILES string of the molecule is CC(C)OCC(O)CNCc1ccsc1. The lowest BCUT2D eigenvalue weighted by Gasteiger charge is -2.13. The Morgan fingerprint density at radius 1 is 1.53 bits per heavy atom. The molecule has 1 aromatic heterocycles. The van der Waals surface area contributed by atoms with Gasteiger partial charge < -0.3 is 15.2 Å². The number of rotatable bonds is 7. The lowest BCUT2D eigenvalue weighted by molar-refractivity contribution is 0.00630. The van der Waals surface area contributed by atoms with Crippen LogP contribution in [0.15, 0.2) is 16.8 Å². The highest BCUT2D eigenvalue weighted by atomic mass is 32.1. The van der Waals surface area contributed by atoms with Crippen molar-refractivity contribution in [1.82, 2.24) is 5.32 Å². The molecule has 2 N–H and O–H groups in total. The minimum absolute atomic E-state index is 0.177. The lowest BCUT2D eigenvalue weighted by atomic mass is 10.3. The van der Waals surface area contributed by atoms with Crippen molar-refractivity contribution < 1.29 is 9.84 Å². The number of thiophene rings is 1. The predicted octanol–water partition coefficient (Wildman–Crippen LogP) is 1.62. The summed E-state index contributed by atoms with van der Waals surface area (Å²) < 4.78 is 5.30. The smallest absolute Gasteiger partial charge is 0.0897 e. The van der Waals surface area contributed by atoms with Crippen molar-refractivity contribution in [2.45, 2.75) is 32.6 Å². The average Bonchev–Trinajstić information content (AvgIpc) is 2.67. The van der Waals surface area contributed by atoms with E-state index in [1.54, 1.807) is 11.3 Å². The molecular formula is C11H19NO2S. The molecule has 0 radical (unpaired) electrons. The van der Waals surface area contributed by atoms with E-state index in [-0.39, 0.29) is 6.10 Å². The van der Waals surface area contributed by atoms with Crippen molar-refractivity contribution in [2.24, 2.45) is 0 Å². The number of aliphatic hydroxyl groups is 1. The van der Waals surface area contributed by atoms with Crippen molar-refractivity contribution in [3.8, 4) is 0 Å². The monoisotopic (exact) mass is 229 g/mol. The highest BCUT2D eigenvalue weighted by molar-refractivity contribution is 7.07. The first-order valence-corrected chi connectivity index (χ1v) is 6.14. The molecule has 1 heterocycles. The van der Waals surface area contributed by atoms with Gasteiger partial charge in [-0.1, -0.05) is 0 Å². The Balaban J connectivity index is 2.04. The van der Waals surface area contributed by atoms with E-state index in [4.69, 9.17) is 4.74 Å². The molecule has 0 aromatic carbocycles. The summed E-state index contributed by atoms with van der Waals surface area (Å²) in [5, 5.41) is 16.9. The summed E-state index contributed by atoms with van der Waals surface area (Å²) in [6.07, 6.45) is -0.248. The Kier molecular flexibility index (Phi) is 5.86. The molecule has 0 aliphatic carbocycles. The maximum atomic E-state index is 9.54. The molecule has 3 nitrogen and oxygen atoms in total. The van der Waals surface area contributed by atoms with E-state index in [2.05, 4.69) is 22.1 Å². The number of aliphatic hydroxyl groups excluding tert-OH is 1. The molecule has 0 fully saturated rings. The number of hydrogen-bond donors (Lipinski definition) is 2. The van der Waals surface area contributed by atoms with Crippen LogP contribution < -0.4 is 5.32 Å². The van der Waals surface area contributed by atoms with Crippen LogP contribution in [0.2, 0.25) is 0 Å². The summed E-state index contributed by atoms with van der Waals surface area (Å²) in [5.41, 5.74) is 1.26. The molecule has 0 aliphatic heterocycles.